The van der Waals surface area contributed by atoms with Crippen LogP contribution in [0.25, 0.3) is 0 Å². The normalized spacial score (nSPS) is 23.4. The van der Waals surface area contributed by atoms with Gasteiger partial charge in [0.1, 0.15) is 5.82 Å². The lowest BCUT2D eigenvalue weighted by Gasteiger charge is -2.34. The Morgan fingerprint density at radius 2 is 2.00 bits per heavy atom. The van der Waals surface area contributed by atoms with Crippen LogP contribution in [0.5, 0.6) is 0 Å². The van der Waals surface area contributed by atoms with Gasteiger partial charge in [-0.25, -0.2) is 9.37 Å². The van der Waals surface area contributed by atoms with Gasteiger partial charge in [-0.05, 0) is 30.9 Å². The summed E-state index contributed by atoms with van der Waals surface area (Å²) in [5.74, 6) is -0.00567. The molecule has 0 bridgehead atoms. The van der Waals surface area contributed by atoms with E-state index in [1.807, 2.05) is 17.2 Å². The van der Waals surface area contributed by atoms with Crippen molar-refractivity contribution in [1.29, 1.82) is 0 Å². The highest BCUT2D eigenvalue weighted by Gasteiger charge is 2.47. The van der Waals surface area contributed by atoms with Crippen LogP contribution in [0.4, 0.5) is 9.52 Å². The van der Waals surface area contributed by atoms with E-state index < -0.39 is 0 Å². The number of benzene rings is 1. The van der Waals surface area contributed by atoms with Crippen LogP contribution < -0.4 is 4.90 Å². The number of nitrogens with zero attached hydrogens (tertiary/aromatic N) is 3. The highest BCUT2D eigenvalue weighted by Crippen LogP contribution is 2.49. The fraction of sp³-hybridized carbons (Fsp3) is 0.444. The molecule has 126 valence electrons. The number of rotatable bonds is 3. The third-order valence-electron chi connectivity index (χ3n) is 4.88. The third kappa shape index (κ3) is 2.90. The second-order valence-electron chi connectivity index (χ2n) is 6.54. The lowest BCUT2D eigenvalue weighted by atomic mass is 10.1. The van der Waals surface area contributed by atoms with Gasteiger partial charge in [0.2, 0.25) is 5.91 Å². The molecular formula is C18H20FN3OS. The van der Waals surface area contributed by atoms with Gasteiger partial charge in [-0.3, -0.25) is 4.79 Å². The third-order valence-corrected chi connectivity index (χ3v) is 5.86. The summed E-state index contributed by atoms with van der Waals surface area (Å²) >= 11 is 1.69. The van der Waals surface area contributed by atoms with Crippen LogP contribution in [-0.2, 0) is 4.79 Å². The van der Waals surface area contributed by atoms with E-state index in [0.717, 1.165) is 37.7 Å². The van der Waals surface area contributed by atoms with Crippen molar-refractivity contribution in [2.75, 3.05) is 31.1 Å². The quantitative estimate of drug-likeness (QED) is 0.858. The summed E-state index contributed by atoms with van der Waals surface area (Å²) in [7, 11) is 0. The molecule has 0 N–H and O–H groups in total. The molecule has 6 heteroatoms. The highest BCUT2D eigenvalue weighted by atomic mass is 32.1. The van der Waals surface area contributed by atoms with Crippen molar-refractivity contribution in [1.82, 2.24) is 9.88 Å². The number of piperazine rings is 1. The molecule has 2 aromatic rings. The molecule has 1 amide bonds. The largest absolute Gasteiger partial charge is 0.345 e. The van der Waals surface area contributed by atoms with E-state index in [1.54, 1.807) is 23.5 Å². The first-order valence-electron chi connectivity index (χ1n) is 8.34. The van der Waals surface area contributed by atoms with Crippen molar-refractivity contribution in [2.24, 2.45) is 5.92 Å². The van der Waals surface area contributed by atoms with Gasteiger partial charge in [-0.2, -0.15) is 0 Å². The first kappa shape index (κ1) is 15.6. The monoisotopic (exact) mass is 345 g/mol. The van der Waals surface area contributed by atoms with E-state index in [4.69, 9.17) is 0 Å². The highest BCUT2D eigenvalue weighted by molar-refractivity contribution is 7.15. The van der Waals surface area contributed by atoms with E-state index in [1.165, 1.54) is 10.9 Å². The molecule has 1 aromatic carbocycles. The van der Waals surface area contributed by atoms with Gasteiger partial charge in [-0.15, -0.1) is 11.3 Å². The SMILES string of the molecule is Cc1cnc(N2CCN(C(=O)[C@H]3C[C@@H]3c3ccccc3F)CC2)s1. The van der Waals surface area contributed by atoms with E-state index in [-0.39, 0.29) is 23.6 Å². The summed E-state index contributed by atoms with van der Waals surface area (Å²) in [5, 5.41) is 1.04. The molecule has 1 aromatic heterocycles. The van der Waals surface area contributed by atoms with E-state index in [0.29, 0.717) is 5.56 Å². The molecular weight excluding hydrogens is 325 g/mol. The van der Waals surface area contributed by atoms with E-state index >= 15 is 0 Å². The number of halogens is 1. The van der Waals surface area contributed by atoms with Gasteiger partial charge in [-0.1, -0.05) is 18.2 Å². The van der Waals surface area contributed by atoms with E-state index in [9.17, 15) is 9.18 Å². The van der Waals surface area contributed by atoms with Crippen LogP contribution in [0.3, 0.4) is 0 Å². The van der Waals surface area contributed by atoms with Crippen molar-refractivity contribution in [3.05, 3.63) is 46.7 Å². The summed E-state index contributed by atoms with van der Waals surface area (Å²) in [6, 6.07) is 6.81. The topological polar surface area (TPSA) is 36.4 Å². The Balaban J connectivity index is 1.35. The summed E-state index contributed by atoms with van der Waals surface area (Å²) in [5.41, 5.74) is 0.688. The van der Waals surface area contributed by atoms with Crippen LogP contribution in [0.15, 0.2) is 30.5 Å². The zero-order valence-electron chi connectivity index (χ0n) is 13.6. The summed E-state index contributed by atoms with van der Waals surface area (Å²) in [6.07, 6.45) is 2.66. The minimum atomic E-state index is -0.193. The summed E-state index contributed by atoms with van der Waals surface area (Å²) in [6.45, 7) is 5.12. The fourth-order valence-electron chi connectivity index (χ4n) is 3.43. The lowest BCUT2D eigenvalue weighted by Crippen LogP contribution is -2.49. The van der Waals surface area contributed by atoms with Crippen molar-refractivity contribution in [3.8, 4) is 0 Å². The van der Waals surface area contributed by atoms with Crippen LogP contribution in [0.1, 0.15) is 22.8 Å². The zero-order chi connectivity index (χ0) is 16.7. The minimum Gasteiger partial charge on any atom is -0.345 e. The predicted octanol–water partition coefficient (Wildman–Crippen LogP) is 3.04. The number of thiazole rings is 1. The van der Waals surface area contributed by atoms with Gasteiger partial charge in [0.15, 0.2) is 5.13 Å². The Labute approximate surface area is 144 Å². The first-order chi connectivity index (χ1) is 11.6. The van der Waals surface area contributed by atoms with Crippen molar-refractivity contribution in [3.63, 3.8) is 0 Å². The molecule has 2 heterocycles. The van der Waals surface area contributed by atoms with Crippen molar-refractivity contribution in [2.45, 2.75) is 19.3 Å². The molecule has 4 nitrogen and oxygen atoms in total. The van der Waals surface area contributed by atoms with Gasteiger partial charge < -0.3 is 9.80 Å². The maximum Gasteiger partial charge on any atom is 0.226 e. The van der Waals surface area contributed by atoms with Gasteiger partial charge in [0.25, 0.3) is 0 Å². The molecule has 0 spiro atoms. The first-order valence-corrected chi connectivity index (χ1v) is 9.15. The summed E-state index contributed by atoms with van der Waals surface area (Å²) in [4.78, 5) is 22.5. The minimum absolute atomic E-state index is 0.0458. The van der Waals surface area contributed by atoms with Crippen LogP contribution in [-0.4, -0.2) is 42.0 Å². The smallest absolute Gasteiger partial charge is 0.226 e. The molecule has 1 aliphatic heterocycles. The molecule has 1 saturated carbocycles. The maximum absolute atomic E-state index is 13.9. The number of anilines is 1. The van der Waals surface area contributed by atoms with Gasteiger partial charge in [0, 0.05) is 43.2 Å². The van der Waals surface area contributed by atoms with E-state index in [2.05, 4.69) is 16.8 Å². The molecule has 0 radical (unpaired) electrons. The van der Waals surface area contributed by atoms with Crippen LogP contribution in [0.2, 0.25) is 0 Å². The van der Waals surface area contributed by atoms with Crippen molar-refractivity contribution >= 4 is 22.4 Å². The lowest BCUT2D eigenvalue weighted by molar-refractivity contribution is -0.132. The van der Waals surface area contributed by atoms with Gasteiger partial charge >= 0.3 is 0 Å². The van der Waals surface area contributed by atoms with Crippen LogP contribution in [0, 0.1) is 18.7 Å². The molecule has 2 atom stereocenters. The zero-order valence-corrected chi connectivity index (χ0v) is 14.4. The number of amides is 1. The fourth-order valence-corrected chi connectivity index (χ4v) is 4.24. The number of hydrogen-bond acceptors (Lipinski definition) is 4. The van der Waals surface area contributed by atoms with Crippen molar-refractivity contribution < 1.29 is 9.18 Å². The number of aromatic nitrogens is 1. The molecule has 2 aliphatic rings. The Kier molecular flexibility index (Phi) is 4.00. The Bertz CT molecular complexity index is 754. The Morgan fingerprint density at radius 1 is 1.25 bits per heavy atom. The standard InChI is InChI=1S/C18H20FN3OS/c1-12-11-20-18(24-12)22-8-6-21(7-9-22)17(23)15-10-14(15)13-4-2-3-5-16(13)19/h2-5,11,14-15H,6-10H2,1H3/t14-,15+/m1/s1. The molecule has 0 unspecified atom stereocenters. The maximum atomic E-state index is 13.9. The predicted molar refractivity (Wildman–Crippen MR) is 92.9 cm³/mol. The average Bonchev–Trinajstić information content (AvgIpc) is 3.28. The number of hydrogen-bond donors (Lipinski definition) is 0. The molecule has 2 fully saturated rings. The Hall–Kier alpha value is -1.95. The second-order valence-corrected chi connectivity index (χ2v) is 7.75. The molecule has 24 heavy (non-hydrogen) atoms. The number of carbonyl (C=O) groups excluding carboxylic acids is 1. The van der Waals surface area contributed by atoms with Crippen LogP contribution >= 0.6 is 11.3 Å². The number of carbonyl (C=O) groups is 1. The summed E-state index contributed by atoms with van der Waals surface area (Å²) < 4.78 is 13.9. The average molecular weight is 345 g/mol. The molecule has 1 saturated heterocycles. The molecule has 1 aliphatic carbocycles. The second kappa shape index (κ2) is 6.16. The van der Waals surface area contributed by atoms with Gasteiger partial charge in [0.05, 0.1) is 0 Å². The Morgan fingerprint density at radius 3 is 2.67 bits per heavy atom. The molecule has 4 rings (SSSR count). The number of aryl methyl sites for hydroxylation is 1.